The number of hydrogen-bond acceptors (Lipinski definition) is 2. The van der Waals surface area contributed by atoms with Gasteiger partial charge in [0.1, 0.15) is 11.5 Å². The summed E-state index contributed by atoms with van der Waals surface area (Å²) in [6.45, 7) is 0. The molecule has 0 fully saturated rings. The van der Waals surface area contributed by atoms with Gasteiger partial charge in [0.05, 0.1) is 7.11 Å². The van der Waals surface area contributed by atoms with E-state index >= 15 is 0 Å². The predicted molar refractivity (Wildman–Crippen MR) is 70.1 cm³/mol. The van der Waals surface area contributed by atoms with Crippen molar-refractivity contribution in [2.45, 2.75) is 12.8 Å². The third kappa shape index (κ3) is 3.87. The summed E-state index contributed by atoms with van der Waals surface area (Å²) >= 11 is 0. The lowest BCUT2D eigenvalue weighted by Crippen LogP contribution is -2.16. The molecule has 0 heterocycles. The Balaban J connectivity index is 2.38. The molecule has 2 nitrogen and oxygen atoms in total. The molecule has 7 heteroatoms. The van der Waals surface area contributed by atoms with E-state index in [-0.39, 0.29) is 11.1 Å². The Morgan fingerprint density at radius 1 is 0.909 bits per heavy atom. The molecule has 0 aliphatic rings. The molecule has 2 aromatic carbocycles. The summed E-state index contributed by atoms with van der Waals surface area (Å²) in [4.78, 5) is 0. The number of methoxy groups -OCH3 is 1. The molecule has 22 heavy (non-hydrogen) atoms. The molecule has 0 unspecified atom stereocenters. The summed E-state index contributed by atoms with van der Waals surface area (Å²) in [6, 6.07) is 8.71. The second-order valence-electron chi connectivity index (χ2n) is 4.33. The third-order valence-corrected chi connectivity index (χ3v) is 2.89. The Morgan fingerprint density at radius 2 is 1.50 bits per heavy atom. The van der Waals surface area contributed by atoms with Crippen LogP contribution in [0.2, 0.25) is 0 Å². The Morgan fingerprint density at radius 3 is 2.00 bits per heavy atom. The van der Waals surface area contributed by atoms with Crippen LogP contribution in [0.3, 0.4) is 0 Å². The van der Waals surface area contributed by atoms with Gasteiger partial charge < -0.3 is 9.47 Å². The maximum Gasteiger partial charge on any atom is 0.573 e. The second-order valence-corrected chi connectivity index (χ2v) is 4.33. The average molecular weight is 318 g/mol. The zero-order valence-electron chi connectivity index (χ0n) is 11.3. The number of benzene rings is 2. The van der Waals surface area contributed by atoms with E-state index in [9.17, 15) is 22.0 Å². The van der Waals surface area contributed by atoms with Gasteiger partial charge in [-0.1, -0.05) is 12.1 Å². The first-order chi connectivity index (χ1) is 10.3. The van der Waals surface area contributed by atoms with E-state index < -0.39 is 18.5 Å². The van der Waals surface area contributed by atoms with Crippen molar-refractivity contribution in [3.05, 3.63) is 48.0 Å². The average Bonchev–Trinajstić information content (AvgIpc) is 2.45. The molecule has 118 valence electrons. The van der Waals surface area contributed by atoms with Crippen LogP contribution in [0, 0.1) is 0 Å². The molecule has 0 N–H and O–H groups in total. The first-order valence-corrected chi connectivity index (χ1v) is 6.12. The molecule has 0 atom stereocenters. The largest absolute Gasteiger partial charge is 0.573 e. The molecule has 2 rings (SSSR count). The fourth-order valence-corrected chi connectivity index (χ4v) is 1.94. The molecule has 0 radical (unpaired) electrons. The minimum Gasteiger partial charge on any atom is -0.497 e. The Hall–Kier alpha value is -2.31. The van der Waals surface area contributed by atoms with Crippen molar-refractivity contribution < 1.29 is 31.4 Å². The quantitative estimate of drug-likeness (QED) is 0.722. The van der Waals surface area contributed by atoms with Crippen molar-refractivity contribution in [2.24, 2.45) is 0 Å². The van der Waals surface area contributed by atoms with Crippen LogP contribution in [0.1, 0.15) is 12.0 Å². The first kappa shape index (κ1) is 16.1. The van der Waals surface area contributed by atoms with Gasteiger partial charge >= 0.3 is 6.36 Å². The summed E-state index contributed by atoms with van der Waals surface area (Å²) < 4.78 is 71.1. The molecule has 0 saturated heterocycles. The van der Waals surface area contributed by atoms with Crippen molar-refractivity contribution in [1.82, 2.24) is 0 Å². The van der Waals surface area contributed by atoms with E-state index in [1.807, 2.05) is 0 Å². The highest BCUT2D eigenvalue weighted by molar-refractivity contribution is 5.70. The number of hydrogen-bond donors (Lipinski definition) is 0. The van der Waals surface area contributed by atoms with Crippen LogP contribution in [-0.2, 0) is 0 Å². The van der Waals surface area contributed by atoms with E-state index in [1.54, 1.807) is 0 Å². The fourth-order valence-electron chi connectivity index (χ4n) is 1.94. The van der Waals surface area contributed by atoms with Crippen LogP contribution >= 0.6 is 0 Å². The van der Waals surface area contributed by atoms with E-state index in [4.69, 9.17) is 4.74 Å². The van der Waals surface area contributed by atoms with Gasteiger partial charge in [0.15, 0.2) is 0 Å². The van der Waals surface area contributed by atoms with Gasteiger partial charge in [-0.3, -0.25) is 0 Å². The zero-order chi connectivity index (χ0) is 16.3. The lowest BCUT2D eigenvalue weighted by molar-refractivity contribution is -0.274. The van der Waals surface area contributed by atoms with Crippen LogP contribution in [-0.4, -0.2) is 13.5 Å². The van der Waals surface area contributed by atoms with Crippen molar-refractivity contribution >= 4 is 0 Å². The van der Waals surface area contributed by atoms with Crippen LogP contribution < -0.4 is 9.47 Å². The third-order valence-electron chi connectivity index (χ3n) is 2.89. The molecule has 0 saturated carbocycles. The monoisotopic (exact) mass is 318 g/mol. The van der Waals surface area contributed by atoms with Gasteiger partial charge in [0, 0.05) is 5.56 Å². The van der Waals surface area contributed by atoms with E-state index in [1.165, 1.54) is 37.4 Å². The predicted octanol–water partition coefficient (Wildman–Crippen LogP) is 5.20. The number of rotatable bonds is 4. The molecular weight excluding hydrogens is 307 g/mol. The SMILES string of the molecule is COc1ccc(C(F)F)c(-c2ccc(OC(F)(F)F)cc2)c1. The zero-order valence-corrected chi connectivity index (χ0v) is 11.3. The Bertz CT molecular complexity index is 635. The minimum atomic E-state index is -4.80. The van der Waals surface area contributed by atoms with Crippen LogP contribution in [0.15, 0.2) is 42.5 Å². The smallest absolute Gasteiger partial charge is 0.497 e. The van der Waals surface area contributed by atoms with Crippen LogP contribution in [0.25, 0.3) is 11.1 Å². The van der Waals surface area contributed by atoms with Gasteiger partial charge in [-0.25, -0.2) is 8.78 Å². The summed E-state index contributed by atoms with van der Waals surface area (Å²) in [5.74, 6) is -0.0484. The molecular formula is C15H11F5O2. The summed E-state index contributed by atoms with van der Waals surface area (Å²) in [5.41, 5.74) is 0.293. The van der Waals surface area contributed by atoms with Gasteiger partial charge in [0.2, 0.25) is 0 Å². The maximum atomic E-state index is 13.0. The topological polar surface area (TPSA) is 18.5 Å². The first-order valence-electron chi connectivity index (χ1n) is 6.12. The highest BCUT2D eigenvalue weighted by atomic mass is 19.4. The number of alkyl halides is 5. The van der Waals surface area contributed by atoms with E-state index in [0.29, 0.717) is 11.3 Å². The normalized spacial score (nSPS) is 11.6. The maximum absolute atomic E-state index is 13.0. The summed E-state index contributed by atoms with van der Waals surface area (Å²) in [7, 11) is 1.39. The number of ether oxygens (including phenoxy) is 2. The van der Waals surface area contributed by atoms with Gasteiger partial charge in [0.25, 0.3) is 6.43 Å². The van der Waals surface area contributed by atoms with Crippen molar-refractivity contribution in [3.8, 4) is 22.6 Å². The van der Waals surface area contributed by atoms with Crippen LogP contribution in [0.5, 0.6) is 11.5 Å². The molecule has 0 aliphatic heterocycles. The standard InChI is InChI=1S/C15H11F5O2/c1-21-11-6-7-12(14(16)17)13(8-11)9-2-4-10(5-3-9)22-15(18,19)20/h2-8,14H,1H3. The van der Waals surface area contributed by atoms with E-state index in [0.717, 1.165) is 12.1 Å². The molecule has 0 amide bonds. The lowest BCUT2D eigenvalue weighted by atomic mass is 9.99. The molecule has 0 bridgehead atoms. The van der Waals surface area contributed by atoms with Gasteiger partial charge in [-0.2, -0.15) is 0 Å². The molecule has 2 aromatic rings. The Kier molecular flexibility index (Phi) is 4.54. The fraction of sp³-hybridized carbons (Fsp3) is 0.200. The van der Waals surface area contributed by atoms with E-state index in [2.05, 4.69) is 4.74 Å². The van der Waals surface area contributed by atoms with Gasteiger partial charge in [-0.15, -0.1) is 13.2 Å². The van der Waals surface area contributed by atoms with Crippen molar-refractivity contribution in [3.63, 3.8) is 0 Å². The highest BCUT2D eigenvalue weighted by Gasteiger charge is 2.31. The highest BCUT2D eigenvalue weighted by Crippen LogP contribution is 2.35. The van der Waals surface area contributed by atoms with Gasteiger partial charge in [-0.05, 0) is 41.5 Å². The Labute approximate surface area is 123 Å². The second kappa shape index (κ2) is 6.21. The summed E-state index contributed by atoms with van der Waals surface area (Å²) in [6.07, 6.45) is -7.52. The van der Waals surface area contributed by atoms with Crippen molar-refractivity contribution in [2.75, 3.05) is 7.11 Å². The molecule has 0 spiro atoms. The van der Waals surface area contributed by atoms with Crippen molar-refractivity contribution in [1.29, 1.82) is 0 Å². The molecule has 0 aromatic heterocycles. The lowest BCUT2D eigenvalue weighted by Gasteiger charge is -2.13. The van der Waals surface area contributed by atoms with Crippen LogP contribution in [0.4, 0.5) is 22.0 Å². The number of halogens is 5. The summed E-state index contributed by atoms with van der Waals surface area (Å²) in [5, 5.41) is 0. The molecule has 0 aliphatic carbocycles. The minimum absolute atomic E-state index is 0.188.